The highest BCUT2D eigenvalue weighted by Crippen LogP contribution is 2.28. The van der Waals surface area contributed by atoms with Gasteiger partial charge >= 0.3 is 0 Å². The summed E-state index contributed by atoms with van der Waals surface area (Å²) in [5.74, 6) is -2.91. The zero-order valence-corrected chi connectivity index (χ0v) is 12.8. The molecule has 1 heterocycles. The molecule has 2 rings (SSSR count). The van der Waals surface area contributed by atoms with Gasteiger partial charge in [0, 0.05) is 12.6 Å². The lowest BCUT2D eigenvalue weighted by atomic mass is 10.2. The number of aliphatic hydroxyl groups is 1. The molecule has 0 radical (unpaired) electrons. The fraction of sp³-hybridized carbons (Fsp3) is 0.429. The van der Waals surface area contributed by atoms with Crippen LogP contribution < -0.4 is 5.32 Å². The van der Waals surface area contributed by atoms with Gasteiger partial charge in [0.1, 0.15) is 6.54 Å². The summed E-state index contributed by atoms with van der Waals surface area (Å²) in [5.41, 5.74) is 1.21. The number of hydrogen-bond acceptors (Lipinski definition) is 4. The number of hydrogen-bond donors (Lipinski definition) is 2. The lowest BCUT2D eigenvalue weighted by Gasteiger charge is -2.14. The zero-order chi connectivity index (χ0) is 16.1. The highest BCUT2D eigenvalue weighted by atomic mass is 32.2. The number of carbonyl (C=O) groups excluding carboxylic acids is 1. The second kappa shape index (κ2) is 7.55. The van der Waals surface area contributed by atoms with Crippen molar-refractivity contribution < 1.29 is 18.7 Å². The van der Waals surface area contributed by atoms with E-state index in [2.05, 4.69) is 10.3 Å². The Hall–Kier alpha value is -1.67. The maximum atomic E-state index is 12.7. The van der Waals surface area contributed by atoms with E-state index >= 15 is 0 Å². The van der Waals surface area contributed by atoms with Gasteiger partial charge in [0.15, 0.2) is 5.16 Å². The molecule has 1 aromatic heterocycles. The van der Waals surface area contributed by atoms with Crippen molar-refractivity contribution in [3.05, 3.63) is 24.3 Å². The molecule has 0 spiro atoms. The summed E-state index contributed by atoms with van der Waals surface area (Å²) in [5, 5.41) is 11.7. The molecule has 0 saturated carbocycles. The van der Waals surface area contributed by atoms with E-state index in [1.165, 1.54) is 4.57 Å². The Morgan fingerprint density at radius 2 is 2.18 bits per heavy atom. The van der Waals surface area contributed by atoms with E-state index < -0.39 is 5.76 Å². The Balaban J connectivity index is 2.22. The predicted octanol–water partition coefficient (Wildman–Crippen LogP) is 2.24. The molecule has 1 aromatic carbocycles. The Kier molecular flexibility index (Phi) is 5.73. The summed E-state index contributed by atoms with van der Waals surface area (Å²) in [6.45, 7) is 1.65. The molecular formula is C14H17F2N3O2S. The summed E-state index contributed by atoms with van der Waals surface area (Å²) >= 11 is 0.320. The number of aliphatic hydroxyl groups excluding tert-OH is 1. The first kappa shape index (κ1) is 16.7. The summed E-state index contributed by atoms with van der Waals surface area (Å²) in [6, 6.07) is 6.80. The number of thioether (sulfide) groups is 1. The largest absolute Gasteiger partial charge is 0.396 e. The minimum Gasteiger partial charge on any atom is -0.396 e. The number of amides is 1. The maximum Gasteiger partial charge on any atom is 0.291 e. The first-order valence-corrected chi connectivity index (χ1v) is 7.69. The number of alkyl halides is 2. The normalized spacial score (nSPS) is 12.8. The highest BCUT2D eigenvalue weighted by Gasteiger charge is 2.18. The van der Waals surface area contributed by atoms with Crippen LogP contribution >= 0.6 is 11.8 Å². The molecule has 5 nitrogen and oxygen atoms in total. The van der Waals surface area contributed by atoms with Crippen LogP contribution in [-0.4, -0.2) is 39.0 Å². The highest BCUT2D eigenvalue weighted by molar-refractivity contribution is 7.99. The lowest BCUT2D eigenvalue weighted by molar-refractivity contribution is -0.122. The molecule has 120 valence electrons. The van der Waals surface area contributed by atoms with Gasteiger partial charge < -0.3 is 15.0 Å². The van der Waals surface area contributed by atoms with Gasteiger partial charge in [0.25, 0.3) is 5.76 Å². The van der Waals surface area contributed by atoms with Crippen LogP contribution in [0, 0.1) is 0 Å². The number of para-hydroxylation sites is 2. The van der Waals surface area contributed by atoms with Crippen molar-refractivity contribution in [2.75, 3.05) is 6.61 Å². The van der Waals surface area contributed by atoms with Crippen LogP contribution in [0.5, 0.6) is 0 Å². The molecule has 1 amide bonds. The first-order chi connectivity index (χ1) is 10.5. The molecule has 0 fully saturated rings. The van der Waals surface area contributed by atoms with E-state index in [0.717, 1.165) is 0 Å². The third-order valence-electron chi connectivity index (χ3n) is 3.09. The van der Waals surface area contributed by atoms with Crippen molar-refractivity contribution in [1.82, 2.24) is 14.9 Å². The average Bonchev–Trinajstić information content (AvgIpc) is 2.76. The third kappa shape index (κ3) is 4.17. The first-order valence-electron chi connectivity index (χ1n) is 6.81. The fourth-order valence-corrected chi connectivity index (χ4v) is 2.71. The lowest BCUT2D eigenvalue weighted by Crippen LogP contribution is -2.35. The van der Waals surface area contributed by atoms with Crippen molar-refractivity contribution in [3.63, 3.8) is 0 Å². The minimum atomic E-state index is -2.60. The zero-order valence-electron chi connectivity index (χ0n) is 12.0. The second-order valence-electron chi connectivity index (χ2n) is 4.83. The van der Waals surface area contributed by atoms with Gasteiger partial charge in [-0.2, -0.15) is 8.78 Å². The number of nitrogens with zero attached hydrogens (tertiary/aromatic N) is 2. The van der Waals surface area contributed by atoms with Crippen LogP contribution in [0.4, 0.5) is 8.78 Å². The molecule has 22 heavy (non-hydrogen) atoms. The number of imidazole rings is 1. The molecule has 0 aliphatic rings. The summed E-state index contributed by atoms with van der Waals surface area (Å²) < 4.78 is 26.8. The SMILES string of the molecule is CC(CCO)NC(=O)Cn1c(SC(F)F)nc2ccccc21. The smallest absolute Gasteiger partial charge is 0.291 e. The number of halogens is 2. The van der Waals surface area contributed by atoms with Gasteiger partial charge in [0.05, 0.1) is 11.0 Å². The van der Waals surface area contributed by atoms with E-state index in [1.807, 2.05) is 0 Å². The van der Waals surface area contributed by atoms with Gasteiger partial charge in [-0.05, 0) is 37.2 Å². The number of rotatable bonds is 7. The van der Waals surface area contributed by atoms with Gasteiger partial charge in [-0.15, -0.1) is 0 Å². The number of carbonyl (C=O) groups is 1. The number of fused-ring (bicyclic) bond motifs is 1. The maximum absolute atomic E-state index is 12.7. The van der Waals surface area contributed by atoms with Gasteiger partial charge in [-0.1, -0.05) is 12.1 Å². The monoisotopic (exact) mass is 329 g/mol. The molecule has 0 aliphatic carbocycles. The third-order valence-corrected chi connectivity index (χ3v) is 3.79. The van der Waals surface area contributed by atoms with Crippen molar-refractivity contribution in [3.8, 4) is 0 Å². The van der Waals surface area contributed by atoms with Crippen LogP contribution in [0.15, 0.2) is 29.4 Å². The Morgan fingerprint density at radius 3 is 2.86 bits per heavy atom. The van der Waals surface area contributed by atoms with E-state index in [-0.39, 0.29) is 30.3 Å². The molecule has 0 bridgehead atoms. The van der Waals surface area contributed by atoms with E-state index in [1.54, 1.807) is 31.2 Å². The van der Waals surface area contributed by atoms with E-state index in [9.17, 15) is 13.6 Å². The molecule has 1 unspecified atom stereocenters. The molecule has 0 saturated heterocycles. The van der Waals surface area contributed by atoms with Crippen molar-refractivity contribution >= 4 is 28.7 Å². The second-order valence-corrected chi connectivity index (χ2v) is 5.79. The molecule has 2 N–H and O–H groups in total. The number of nitrogens with one attached hydrogen (secondary N) is 1. The average molecular weight is 329 g/mol. The minimum absolute atomic E-state index is 0.0259. The number of aromatic nitrogens is 2. The van der Waals surface area contributed by atoms with Crippen LogP contribution in [0.1, 0.15) is 13.3 Å². The Bertz CT molecular complexity index is 648. The summed E-state index contributed by atoms with van der Waals surface area (Å²) in [4.78, 5) is 16.2. The molecular weight excluding hydrogens is 312 g/mol. The van der Waals surface area contributed by atoms with E-state index in [4.69, 9.17) is 5.11 Å². The van der Waals surface area contributed by atoms with E-state index in [0.29, 0.717) is 29.2 Å². The Morgan fingerprint density at radius 1 is 1.45 bits per heavy atom. The topological polar surface area (TPSA) is 67.2 Å². The van der Waals surface area contributed by atoms with Gasteiger partial charge in [-0.25, -0.2) is 4.98 Å². The van der Waals surface area contributed by atoms with Crippen LogP contribution in [0.25, 0.3) is 11.0 Å². The molecule has 1 atom stereocenters. The number of benzene rings is 1. The summed E-state index contributed by atoms with van der Waals surface area (Å²) in [7, 11) is 0. The van der Waals surface area contributed by atoms with Gasteiger partial charge in [0.2, 0.25) is 5.91 Å². The van der Waals surface area contributed by atoms with Crippen LogP contribution in [-0.2, 0) is 11.3 Å². The summed E-state index contributed by atoms with van der Waals surface area (Å²) in [6.07, 6.45) is 0.440. The molecule has 8 heteroatoms. The van der Waals surface area contributed by atoms with Crippen molar-refractivity contribution in [2.24, 2.45) is 0 Å². The standard InChI is InChI=1S/C14H17F2N3O2S/c1-9(6-7-20)17-12(21)8-19-11-5-3-2-4-10(11)18-14(19)22-13(15)16/h2-5,9,13,20H,6-8H2,1H3,(H,17,21). The quantitative estimate of drug-likeness (QED) is 0.765. The van der Waals surface area contributed by atoms with Crippen LogP contribution in [0.2, 0.25) is 0 Å². The Labute approximate surface area is 130 Å². The van der Waals surface area contributed by atoms with Crippen molar-refractivity contribution in [1.29, 1.82) is 0 Å². The predicted molar refractivity (Wildman–Crippen MR) is 80.9 cm³/mol. The van der Waals surface area contributed by atoms with Crippen molar-refractivity contribution in [2.45, 2.75) is 36.8 Å². The molecule has 0 aliphatic heterocycles. The fourth-order valence-electron chi connectivity index (χ4n) is 2.11. The van der Waals surface area contributed by atoms with Gasteiger partial charge in [-0.3, -0.25) is 4.79 Å². The molecule has 2 aromatic rings. The van der Waals surface area contributed by atoms with Crippen LogP contribution in [0.3, 0.4) is 0 Å².